The van der Waals surface area contributed by atoms with Crippen LogP contribution in [-0.4, -0.2) is 69.4 Å². The largest absolute Gasteiger partial charge is 0.373 e. The summed E-state index contributed by atoms with van der Waals surface area (Å²) in [6.07, 6.45) is 7.58. The Balaban J connectivity index is 1.64. The molecule has 0 aliphatic carbocycles. The highest BCUT2D eigenvalue weighted by Gasteiger charge is 2.39. The number of amides is 1. The second kappa shape index (κ2) is 8.63. The van der Waals surface area contributed by atoms with Crippen molar-refractivity contribution in [3.8, 4) is 0 Å². The minimum absolute atomic E-state index is 0.0239. The van der Waals surface area contributed by atoms with Gasteiger partial charge in [-0.15, -0.1) is 0 Å². The van der Waals surface area contributed by atoms with E-state index in [9.17, 15) is 4.79 Å². The third-order valence-corrected chi connectivity index (χ3v) is 6.02. The Hall–Kier alpha value is -2.25. The Morgan fingerprint density at radius 2 is 1.97 bits per heavy atom. The fraction of sp³-hybridized carbons (Fsp3) is 0.591. The molecule has 1 amide bonds. The van der Waals surface area contributed by atoms with Gasteiger partial charge in [0.25, 0.3) is 5.91 Å². The first-order chi connectivity index (χ1) is 14.0. The first kappa shape index (κ1) is 20.0. The van der Waals surface area contributed by atoms with E-state index in [1.807, 2.05) is 50.3 Å². The lowest BCUT2D eigenvalue weighted by Gasteiger charge is -2.43. The van der Waals surface area contributed by atoms with Gasteiger partial charge in [0.2, 0.25) is 0 Å². The Morgan fingerprint density at radius 1 is 1.17 bits per heavy atom. The van der Waals surface area contributed by atoms with Gasteiger partial charge in [0.15, 0.2) is 0 Å². The number of carbonyl (C=O) groups is 1. The molecule has 2 fully saturated rings. The molecule has 4 heterocycles. The number of hydrogen-bond donors (Lipinski definition) is 0. The number of morpholine rings is 1. The maximum absolute atomic E-state index is 13.5. The van der Waals surface area contributed by atoms with Crippen LogP contribution in [0.2, 0.25) is 0 Å². The van der Waals surface area contributed by atoms with E-state index < -0.39 is 0 Å². The van der Waals surface area contributed by atoms with Crippen molar-refractivity contribution >= 4 is 5.91 Å². The molecule has 2 aromatic heterocycles. The minimum Gasteiger partial charge on any atom is -0.373 e. The van der Waals surface area contributed by atoms with Crippen molar-refractivity contribution in [2.75, 3.05) is 32.8 Å². The van der Waals surface area contributed by atoms with Crippen molar-refractivity contribution in [2.45, 2.75) is 45.3 Å². The zero-order valence-electron chi connectivity index (χ0n) is 17.7. The molecule has 0 unspecified atom stereocenters. The third-order valence-electron chi connectivity index (χ3n) is 6.02. The summed E-state index contributed by atoms with van der Waals surface area (Å²) in [7, 11) is 1.91. The second-order valence-electron chi connectivity index (χ2n) is 8.25. The van der Waals surface area contributed by atoms with Crippen molar-refractivity contribution in [1.82, 2.24) is 24.6 Å². The van der Waals surface area contributed by atoms with Gasteiger partial charge in [-0.2, -0.15) is 5.10 Å². The lowest BCUT2D eigenvalue weighted by molar-refractivity contribution is -0.0742. The van der Waals surface area contributed by atoms with Gasteiger partial charge in [0.1, 0.15) is 0 Å². The highest BCUT2D eigenvalue weighted by molar-refractivity contribution is 5.95. The van der Waals surface area contributed by atoms with E-state index in [4.69, 9.17) is 4.74 Å². The van der Waals surface area contributed by atoms with Crippen molar-refractivity contribution in [2.24, 2.45) is 7.05 Å². The highest BCUT2D eigenvalue weighted by Crippen LogP contribution is 2.32. The maximum atomic E-state index is 13.5. The number of aryl methyl sites for hydroxylation is 3. The molecule has 0 aromatic carbocycles. The molecule has 2 aromatic rings. The molecule has 0 bridgehead atoms. The Labute approximate surface area is 172 Å². The summed E-state index contributed by atoms with van der Waals surface area (Å²) in [4.78, 5) is 22.5. The van der Waals surface area contributed by atoms with E-state index in [-0.39, 0.29) is 18.1 Å². The molecular weight excluding hydrogens is 366 g/mol. The average Bonchev–Trinajstić information content (AvgIpc) is 3.14. The van der Waals surface area contributed by atoms with Gasteiger partial charge in [0, 0.05) is 37.6 Å². The molecule has 4 rings (SSSR count). The quantitative estimate of drug-likeness (QED) is 0.793. The molecule has 156 valence electrons. The summed E-state index contributed by atoms with van der Waals surface area (Å²) in [6, 6.07) is 3.66. The highest BCUT2D eigenvalue weighted by atomic mass is 16.5. The predicted molar refractivity (Wildman–Crippen MR) is 111 cm³/mol. The summed E-state index contributed by atoms with van der Waals surface area (Å²) < 4.78 is 8.03. The number of ether oxygens (including phenoxy) is 1. The summed E-state index contributed by atoms with van der Waals surface area (Å²) in [5.74, 6) is 0.0239. The molecule has 2 atom stereocenters. The normalized spacial score (nSPS) is 23.3. The fourth-order valence-electron chi connectivity index (χ4n) is 4.57. The van der Waals surface area contributed by atoms with Gasteiger partial charge in [0.05, 0.1) is 36.2 Å². The van der Waals surface area contributed by atoms with Crippen LogP contribution in [0.1, 0.15) is 52.6 Å². The SMILES string of the molecule is Cc1ccc(C(=O)N2CCO[C@@H](CN3CCCCC3)[C@@H]2c2cnn(C)c2)c(C)n1. The van der Waals surface area contributed by atoms with Crippen molar-refractivity contribution in [3.05, 3.63) is 47.0 Å². The number of nitrogens with zero attached hydrogens (tertiary/aromatic N) is 5. The number of aromatic nitrogens is 3. The van der Waals surface area contributed by atoms with E-state index in [2.05, 4.69) is 15.0 Å². The fourth-order valence-corrected chi connectivity index (χ4v) is 4.57. The Kier molecular flexibility index (Phi) is 5.96. The Bertz CT molecular complexity index is 859. The lowest BCUT2D eigenvalue weighted by Crippen LogP contribution is -2.52. The summed E-state index contributed by atoms with van der Waals surface area (Å²) in [6.45, 7) is 8.03. The van der Waals surface area contributed by atoms with Gasteiger partial charge >= 0.3 is 0 Å². The molecule has 7 heteroatoms. The molecule has 2 aliphatic heterocycles. The molecule has 0 spiro atoms. The van der Waals surface area contributed by atoms with Crippen LogP contribution in [0.4, 0.5) is 0 Å². The monoisotopic (exact) mass is 397 g/mol. The topological polar surface area (TPSA) is 63.5 Å². The Morgan fingerprint density at radius 3 is 2.66 bits per heavy atom. The molecule has 2 aliphatic rings. The van der Waals surface area contributed by atoms with E-state index in [1.54, 1.807) is 4.68 Å². The molecular formula is C22H31N5O2. The summed E-state index contributed by atoms with van der Waals surface area (Å²) in [5.41, 5.74) is 3.40. The van der Waals surface area contributed by atoms with Crippen LogP contribution in [0.3, 0.4) is 0 Å². The van der Waals surface area contributed by atoms with Crippen LogP contribution >= 0.6 is 0 Å². The van der Waals surface area contributed by atoms with Crippen LogP contribution in [0.5, 0.6) is 0 Å². The molecule has 7 nitrogen and oxygen atoms in total. The number of likely N-dealkylation sites (tertiary alicyclic amines) is 1. The van der Waals surface area contributed by atoms with Crippen LogP contribution in [-0.2, 0) is 11.8 Å². The maximum Gasteiger partial charge on any atom is 0.256 e. The van der Waals surface area contributed by atoms with Gasteiger partial charge in [-0.3, -0.25) is 14.5 Å². The van der Waals surface area contributed by atoms with Crippen LogP contribution < -0.4 is 0 Å². The second-order valence-corrected chi connectivity index (χ2v) is 8.25. The van der Waals surface area contributed by atoms with Gasteiger partial charge in [-0.05, 0) is 51.9 Å². The van der Waals surface area contributed by atoms with Crippen molar-refractivity contribution in [3.63, 3.8) is 0 Å². The first-order valence-electron chi connectivity index (χ1n) is 10.6. The number of rotatable bonds is 4. The van der Waals surface area contributed by atoms with Gasteiger partial charge < -0.3 is 14.5 Å². The number of piperidine rings is 1. The van der Waals surface area contributed by atoms with Crippen molar-refractivity contribution < 1.29 is 9.53 Å². The number of pyridine rings is 1. The smallest absolute Gasteiger partial charge is 0.256 e. The minimum atomic E-state index is -0.146. The molecule has 29 heavy (non-hydrogen) atoms. The van der Waals surface area contributed by atoms with Crippen molar-refractivity contribution in [1.29, 1.82) is 0 Å². The summed E-state index contributed by atoms with van der Waals surface area (Å²) >= 11 is 0. The predicted octanol–water partition coefficient (Wildman–Crippen LogP) is 2.50. The average molecular weight is 398 g/mol. The van der Waals surface area contributed by atoms with Gasteiger partial charge in [-0.1, -0.05) is 6.42 Å². The number of carbonyl (C=O) groups excluding carboxylic acids is 1. The molecule has 0 radical (unpaired) electrons. The summed E-state index contributed by atoms with van der Waals surface area (Å²) in [5, 5.41) is 4.37. The zero-order valence-corrected chi connectivity index (χ0v) is 17.7. The van der Waals surface area contributed by atoms with Crippen LogP contribution in [0.15, 0.2) is 24.5 Å². The first-order valence-corrected chi connectivity index (χ1v) is 10.6. The third kappa shape index (κ3) is 4.36. The zero-order chi connectivity index (χ0) is 20.4. The van der Waals surface area contributed by atoms with E-state index >= 15 is 0 Å². The standard InChI is InChI=1S/C22H31N5O2/c1-16-7-8-19(17(2)24-16)22(28)27-11-12-29-20(15-26-9-5-4-6-10-26)21(27)18-13-23-25(3)14-18/h7-8,13-14,20-21H,4-6,9-12,15H2,1-3H3/t20-,21-/m0/s1. The molecule has 0 saturated carbocycles. The van der Waals surface area contributed by atoms with E-state index in [0.717, 1.165) is 36.6 Å². The van der Waals surface area contributed by atoms with Crippen LogP contribution in [0.25, 0.3) is 0 Å². The van der Waals surface area contributed by atoms with E-state index in [0.29, 0.717) is 18.7 Å². The number of hydrogen-bond acceptors (Lipinski definition) is 5. The van der Waals surface area contributed by atoms with Gasteiger partial charge in [-0.25, -0.2) is 0 Å². The molecule has 2 saturated heterocycles. The molecule has 0 N–H and O–H groups in total. The van der Waals surface area contributed by atoms with E-state index in [1.165, 1.54) is 19.3 Å². The van der Waals surface area contributed by atoms with Crippen LogP contribution in [0, 0.1) is 13.8 Å². The lowest BCUT2D eigenvalue weighted by atomic mass is 9.98.